The Morgan fingerprint density at radius 3 is 2.69 bits per heavy atom. The molecule has 0 radical (unpaired) electrons. The average molecular weight is 468 g/mol. The van der Waals surface area contributed by atoms with Gasteiger partial charge >= 0.3 is 0 Å². The van der Waals surface area contributed by atoms with Crippen molar-refractivity contribution < 1.29 is 17.6 Å². The fourth-order valence-corrected chi connectivity index (χ4v) is 5.52. The van der Waals surface area contributed by atoms with Crippen LogP contribution in [0.4, 0.5) is 11.4 Å². The number of amides is 1. The maximum Gasteiger partial charge on any atom is 0.256 e. The van der Waals surface area contributed by atoms with Crippen molar-refractivity contribution in [3.63, 3.8) is 0 Å². The maximum absolute atomic E-state index is 13.3. The van der Waals surface area contributed by atoms with Crippen LogP contribution in [0.1, 0.15) is 16.8 Å². The van der Waals surface area contributed by atoms with E-state index in [1.165, 1.54) is 4.31 Å². The molecule has 9 heteroatoms. The Morgan fingerprint density at radius 1 is 1.09 bits per heavy atom. The fourth-order valence-electron chi connectivity index (χ4n) is 3.80. The molecule has 3 heterocycles. The number of sulfonamides is 1. The quantitative estimate of drug-likeness (QED) is 0.459. The van der Waals surface area contributed by atoms with E-state index in [4.69, 9.17) is 16.0 Å². The molecule has 0 unspecified atom stereocenters. The molecule has 1 fully saturated rings. The summed E-state index contributed by atoms with van der Waals surface area (Å²) in [4.78, 5) is 17.9. The van der Waals surface area contributed by atoms with Crippen molar-refractivity contribution in [1.29, 1.82) is 0 Å². The zero-order chi connectivity index (χ0) is 22.3. The van der Waals surface area contributed by atoms with Gasteiger partial charge in [-0.25, -0.2) is 13.4 Å². The third kappa shape index (κ3) is 3.72. The fraction of sp³-hybridized carbons (Fsp3) is 0.130. The van der Waals surface area contributed by atoms with Crippen molar-refractivity contribution in [2.45, 2.75) is 6.42 Å². The van der Waals surface area contributed by atoms with Gasteiger partial charge in [-0.05, 0) is 48.9 Å². The first-order valence-corrected chi connectivity index (χ1v) is 12.0. The van der Waals surface area contributed by atoms with Crippen molar-refractivity contribution in [2.75, 3.05) is 21.9 Å². The van der Waals surface area contributed by atoms with Gasteiger partial charge < -0.3 is 9.73 Å². The standard InChI is InChI=1S/C23H18ClN3O4S/c24-18-9-8-15(27-10-4-12-32(27,29)30)13-20(18)26-23(28)17-14-21(22-7-3-11-31-22)25-19-6-2-1-5-16(17)19/h1-3,5-9,11,13-14H,4,10,12H2,(H,26,28). The number of nitrogens with one attached hydrogen (secondary N) is 1. The number of anilines is 2. The Labute approximate surface area is 189 Å². The number of pyridine rings is 1. The lowest BCUT2D eigenvalue weighted by atomic mass is 10.1. The van der Waals surface area contributed by atoms with Crippen LogP contribution >= 0.6 is 11.6 Å². The molecule has 1 amide bonds. The first kappa shape index (κ1) is 20.5. The first-order valence-electron chi connectivity index (χ1n) is 9.97. The number of nitrogens with zero attached hydrogens (tertiary/aromatic N) is 2. The SMILES string of the molecule is O=C(Nc1cc(N2CCCS2(=O)=O)ccc1Cl)c1cc(-c2ccco2)nc2ccccc12. The summed E-state index contributed by atoms with van der Waals surface area (Å²) >= 11 is 6.33. The molecule has 0 bridgehead atoms. The summed E-state index contributed by atoms with van der Waals surface area (Å²) < 4.78 is 31.4. The van der Waals surface area contributed by atoms with Crippen molar-refractivity contribution >= 4 is 49.8 Å². The molecular formula is C23H18ClN3O4S. The molecule has 32 heavy (non-hydrogen) atoms. The van der Waals surface area contributed by atoms with Crippen LogP contribution in [0.15, 0.2) is 71.3 Å². The van der Waals surface area contributed by atoms with E-state index in [1.54, 1.807) is 42.7 Å². The van der Waals surface area contributed by atoms with Gasteiger partial charge in [0.05, 0.1) is 39.5 Å². The van der Waals surface area contributed by atoms with Crippen LogP contribution in [0.25, 0.3) is 22.4 Å². The second kappa shape index (κ2) is 7.96. The monoisotopic (exact) mass is 467 g/mol. The Hall–Kier alpha value is -3.36. The van der Waals surface area contributed by atoms with Crippen molar-refractivity contribution in [2.24, 2.45) is 0 Å². The number of para-hydroxylation sites is 1. The van der Waals surface area contributed by atoms with E-state index in [0.717, 1.165) is 0 Å². The van der Waals surface area contributed by atoms with Gasteiger partial charge in [-0.3, -0.25) is 9.10 Å². The van der Waals surface area contributed by atoms with Crippen LogP contribution in [0, 0.1) is 0 Å². The number of halogens is 1. The molecule has 0 spiro atoms. The molecule has 2 aromatic carbocycles. The number of hydrogen-bond acceptors (Lipinski definition) is 5. The van der Waals surface area contributed by atoms with Gasteiger partial charge in [-0.1, -0.05) is 29.8 Å². The smallest absolute Gasteiger partial charge is 0.256 e. The summed E-state index contributed by atoms with van der Waals surface area (Å²) in [7, 11) is -3.35. The molecule has 5 rings (SSSR count). The Kier molecular flexibility index (Phi) is 5.11. The normalized spacial score (nSPS) is 15.2. The predicted molar refractivity (Wildman–Crippen MR) is 125 cm³/mol. The van der Waals surface area contributed by atoms with Gasteiger partial charge in [0, 0.05) is 11.9 Å². The van der Waals surface area contributed by atoms with E-state index >= 15 is 0 Å². The van der Waals surface area contributed by atoms with Crippen LogP contribution in [-0.2, 0) is 10.0 Å². The molecule has 1 aliphatic heterocycles. The maximum atomic E-state index is 13.3. The average Bonchev–Trinajstić information content (AvgIpc) is 3.44. The number of benzene rings is 2. The molecule has 1 saturated heterocycles. The van der Waals surface area contributed by atoms with Crippen LogP contribution in [0.2, 0.25) is 5.02 Å². The van der Waals surface area contributed by atoms with Crippen LogP contribution in [0.3, 0.4) is 0 Å². The Bertz CT molecular complexity index is 1440. The Morgan fingerprint density at radius 2 is 1.94 bits per heavy atom. The third-order valence-electron chi connectivity index (χ3n) is 5.32. The molecule has 0 aliphatic carbocycles. The summed E-state index contributed by atoms with van der Waals surface area (Å²) in [5, 5.41) is 3.82. The highest BCUT2D eigenvalue weighted by molar-refractivity contribution is 7.93. The lowest BCUT2D eigenvalue weighted by Crippen LogP contribution is -2.25. The minimum absolute atomic E-state index is 0.107. The van der Waals surface area contributed by atoms with Gasteiger partial charge in [0.2, 0.25) is 10.0 Å². The molecular weight excluding hydrogens is 450 g/mol. The molecule has 162 valence electrons. The van der Waals surface area contributed by atoms with E-state index < -0.39 is 10.0 Å². The molecule has 7 nitrogen and oxygen atoms in total. The topological polar surface area (TPSA) is 92.5 Å². The zero-order valence-corrected chi connectivity index (χ0v) is 18.4. The number of rotatable bonds is 4. The number of furan rings is 1. The molecule has 2 aromatic heterocycles. The van der Waals surface area contributed by atoms with Gasteiger partial charge in [-0.2, -0.15) is 0 Å². The van der Waals surface area contributed by atoms with Crippen molar-refractivity contribution in [3.8, 4) is 11.5 Å². The lowest BCUT2D eigenvalue weighted by molar-refractivity contribution is 0.102. The summed E-state index contributed by atoms with van der Waals surface area (Å²) in [6.07, 6.45) is 2.11. The van der Waals surface area contributed by atoms with Gasteiger partial charge in [-0.15, -0.1) is 0 Å². The van der Waals surface area contributed by atoms with E-state index in [9.17, 15) is 13.2 Å². The highest BCUT2D eigenvalue weighted by Crippen LogP contribution is 2.32. The number of hydrogen-bond donors (Lipinski definition) is 1. The molecule has 0 atom stereocenters. The molecule has 1 aliphatic rings. The molecule has 0 saturated carbocycles. The van der Waals surface area contributed by atoms with Crippen LogP contribution < -0.4 is 9.62 Å². The second-order valence-corrected chi connectivity index (χ2v) is 9.83. The highest BCUT2D eigenvalue weighted by Gasteiger charge is 2.29. The minimum atomic E-state index is -3.35. The van der Waals surface area contributed by atoms with E-state index in [-0.39, 0.29) is 11.7 Å². The summed E-state index contributed by atoms with van der Waals surface area (Å²) in [6, 6.07) is 17.3. The number of fused-ring (bicyclic) bond motifs is 1. The Balaban J connectivity index is 1.54. The molecule has 1 N–H and O–H groups in total. The van der Waals surface area contributed by atoms with Gasteiger partial charge in [0.25, 0.3) is 5.91 Å². The zero-order valence-electron chi connectivity index (χ0n) is 16.8. The van der Waals surface area contributed by atoms with Crippen LogP contribution in [0.5, 0.6) is 0 Å². The number of carbonyl (C=O) groups excluding carboxylic acids is 1. The summed E-state index contributed by atoms with van der Waals surface area (Å²) in [5.41, 5.74) is 2.38. The van der Waals surface area contributed by atoms with E-state index in [2.05, 4.69) is 10.3 Å². The van der Waals surface area contributed by atoms with Gasteiger partial charge in [0.15, 0.2) is 5.76 Å². The van der Waals surface area contributed by atoms with Crippen LogP contribution in [-0.4, -0.2) is 31.6 Å². The number of aromatic nitrogens is 1. The van der Waals surface area contributed by atoms with E-state index in [1.807, 2.05) is 24.3 Å². The lowest BCUT2D eigenvalue weighted by Gasteiger charge is -2.18. The van der Waals surface area contributed by atoms with Gasteiger partial charge in [0.1, 0.15) is 5.69 Å². The first-order chi connectivity index (χ1) is 15.4. The number of carbonyl (C=O) groups is 1. The largest absolute Gasteiger partial charge is 0.463 e. The predicted octanol–water partition coefficient (Wildman–Crippen LogP) is 4.94. The minimum Gasteiger partial charge on any atom is -0.463 e. The van der Waals surface area contributed by atoms with Crippen molar-refractivity contribution in [1.82, 2.24) is 4.98 Å². The summed E-state index contributed by atoms with van der Waals surface area (Å²) in [5.74, 6) is 0.263. The second-order valence-electron chi connectivity index (χ2n) is 7.41. The highest BCUT2D eigenvalue weighted by atomic mass is 35.5. The summed E-state index contributed by atoms with van der Waals surface area (Å²) in [6.45, 7) is 0.402. The van der Waals surface area contributed by atoms with Crippen molar-refractivity contribution in [3.05, 3.63) is 77.5 Å². The van der Waals surface area contributed by atoms with E-state index in [0.29, 0.717) is 57.3 Å². The third-order valence-corrected chi connectivity index (χ3v) is 7.52. The molecule has 4 aromatic rings.